The third-order valence-electron chi connectivity index (χ3n) is 3.03. The standard InChI is InChI=1S/C13H15NO4/c1-8-4-6-9(7-5-8)14-10(12(15)17-2)11(14)13(16)18-3/h4-7,10-11H,1-3H3. The molecular formula is C13H15NO4. The van der Waals surface area contributed by atoms with Crippen LogP contribution >= 0.6 is 0 Å². The van der Waals surface area contributed by atoms with Crippen LogP contribution in [0.5, 0.6) is 0 Å². The van der Waals surface area contributed by atoms with Gasteiger partial charge in [-0.25, -0.2) is 9.59 Å². The van der Waals surface area contributed by atoms with Crippen molar-refractivity contribution >= 4 is 17.6 Å². The number of esters is 2. The summed E-state index contributed by atoms with van der Waals surface area (Å²) < 4.78 is 9.37. The van der Waals surface area contributed by atoms with Gasteiger partial charge < -0.3 is 14.4 Å². The van der Waals surface area contributed by atoms with Gasteiger partial charge in [-0.1, -0.05) is 17.7 Å². The maximum Gasteiger partial charge on any atom is 0.331 e. The van der Waals surface area contributed by atoms with Crippen LogP contribution in [0.3, 0.4) is 0 Å². The summed E-state index contributed by atoms with van der Waals surface area (Å²) in [7, 11) is 2.62. The van der Waals surface area contributed by atoms with Gasteiger partial charge in [-0.3, -0.25) is 0 Å². The van der Waals surface area contributed by atoms with Crippen molar-refractivity contribution in [1.82, 2.24) is 0 Å². The van der Waals surface area contributed by atoms with Gasteiger partial charge in [0.2, 0.25) is 0 Å². The Kier molecular flexibility index (Phi) is 3.23. The van der Waals surface area contributed by atoms with Gasteiger partial charge in [0.15, 0.2) is 12.1 Å². The Labute approximate surface area is 105 Å². The number of ether oxygens (including phenoxy) is 2. The average Bonchev–Trinajstić information content (AvgIpc) is 3.13. The number of carbonyl (C=O) groups excluding carboxylic acids is 2. The number of rotatable bonds is 3. The molecule has 0 spiro atoms. The Morgan fingerprint density at radius 3 is 1.83 bits per heavy atom. The molecule has 1 aliphatic rings. The highest BCUT2D eigenvalue weighted by Gasteiger charge is 2.59. The number of nitrogens with zero attached hydrogens (tertiary/aromatic N) is 1. The summed E-state index contributed by atoms with van der Waals surface area (Å²) in [6.45, 7) is 1.97. The second-order valence-corrected chi connectivity index (χ2v) is 4.18. The number of methoxy groups -OCH3 is 2. The lowest BCUT2D eigenvalue weighted by Gasteiger charge is -2.05. The molecule has 0 aromatic heterocycles. The Bertz CT molecular complexity index is 446. The zero-order valence-corrected chi connectivity index (χ0v) is 10.5. The molecule has 1 aromatic carbocycles. The maximum absolute atomic E-state index is 11.6. The van der Waals surface area contributed by atoms with Gasteiger partial charge in [0.25, 0.3) is 0 Å². The van der Waals surface area contributed by atoms with Crippen molar-refractivity contribution in [2.24, 2.45) is 0 Å². The van der Waals surface area contributed by atoms with Crippen LogP contribution in [0, 0.1) is 6.92 Å². The minimum Gasteiger partial charge on any atom is -0.467 e. The molecule has 96 valence electrons. The molecule has 1 aliphatic heterocycles. The van der Waals surface area contributed by atoms with Crippen LogP contribution in [0.2, 0.25) is 0 Å². The van der Waals surface area contributed by atoms with Crippen molar-refractivity contribution in [3.8, 4) is 0 Å². The number of hydrogen-bond donors (Lipinski definition) is 0. The summed E-state index contributed by atoms with van der Waals surface area (Å²) in [5.41, 5.74) is 1.93. The predicted molar refractivity (Wildman–Crippen MR) is 65.3 cm³/mol. The fourth-order valence-corrected chi connectivity index (χ4v) is 2.00. The zero-order chi connectivity index (χ0) is 13.3. The Morgan fingerprint density at radius 2 is 1.44 bits per heavy atom. The molecule has 1 fully saturated rings. The molecule has 5 heteroatoms. The van der Waals surface area contributed by atoms with Crippen molar-refractivity contribution in [3.05, 3.63) is 29.8 Å². The summed E-state index contributed by atoms with van der Waals surface area (Å²) in [4.78, 5) is 24.9. The van der Waals surface area contributed by atoms with E-state index in [9.17, 15) is 9.59 Å². The fraction of sp³-hybridized carbons (Fsp3) is 0.385. The van der Waals surface area contributed by atoms with Gasteiger partial charge >= 0.3 is 11.9 Å². The maximum atomic E-state index is 11.6. The smallest absolute Gasteiger partial charge is 0.331 e. The lowest BCUT2D eigenvalue weighted by molar-refractivity contribution is -0.144. The summed E-state index contributed by atoms with van der Waals surface area (Å²) >= 11 is 0. The van der Waals surface area contributed by atoms with Crippen molar-refractivity contribution in [2.45, 2.75) is 19.0 Å². The van der Waals surface area contributed by atoms with Crippen LogP contribution in [0.25, 0.3) is 0 Å². The average molecular weight is 249 g/mol. The highest BCUT2D eigenvalue weighted by molar-refractivity contribution is 6.00. The van der Waals surface area contributed by atoms with E-state index in [0.717, 1.165) is 11.3 Å². The largest absolute Gasteiger partial charge is 0.467 e. The summed E-state index contributed by atoms with van der Waals surface area (Å²) in [5, 5.41) is 0. The van der Waals surface area contributed by atoms with E-state index in [0.29, 0.717) is 0 Å². The van der Waals surface area contributed by atoms with Crippen LogP contribution in [-0.2, 0) is 19.1 Å². The van der Waals surface area contributed by atoms with E-state index in [1.54, 1.807) is 4.90 Å². The first-order valence-electron chi connectivity index (χ1n) is 5.61. The Morgan fingerprint density at radius 1 is 1.00 bits per heavy atom. The van der Waals surface area contributed by atoms with Crippen molar-refractivity contribution in [3.63, 3.8) is 0 Å². The second kappa shape index (κ2) is 4.68. The van der Waals surface area contributed by atoms with E-state index in [2.05, 4.69) is 9.47 Å². The minimum absolute atomic E-state index is 0.425. The van der Waals surface area contributed by atoms with Crippen LogP contribution in [0.1, 0.15) is 5.56 Å². The quantitative estimate of drug-likeness (QED) is 0.588. The van der Waals surface area contributed by atoms with Crippen LogP contribution in [0.15, 0.2) is 24.3 Å². The molecule has 0 aliphatic carbocycles. The molecular weight excluding hydrogens is 234 g/mol. The number of aryl methyl sites for hydroxylation is 1. The van der Waals surface area contributed by atoms with Gasteiger partial charge in [0.1, 0.15) is 0 Å². The van der Waals surface area contributed by atoms with E-state index >= 15 is 0 Å². The van der Waals surface area contributed by atoms with E-state index in [4.69, 9.17) is 0 Å². The molecule has 5 nitrogen and oxygen atoms in total. The molecule has 2 unspecified atom stereocenters. The first-order chi connectivity index (χ1) is 8.60. The molecule has 2 rings (SSSR count). The minimum atomic E-state index is -0.579. The van der Waals surface area contributed by atoms with Crippen LogP contribution < -0.4 is 4.90 Å². The highest BCUT2D eigenvalue weighted by Crippen LogP contribution is 2.36. The van der Waals surface area contributed by atoms with Crippen LogP contribution in [-0.4, -0.2) is 38.2 Å². The Balaban J connectivity index is 2.23. The zero-order valence-electron chi connectivity index (χ0n) is 10.5. The highest BCUT2D eigenvalue weighted by atomic mass is 16.5. The van der Waals surface area contributed by atoms with E-state index < -0.39 is 24.0 Å². The van der Waals surface area contributed by atoms with E-state index in [-0.39, 0.29) is 0 Å². The van der Waals surface area contributed by atoms with Crippen molar-refractivity contribution < 1.29 is 19.1 Å². The number of hydrogen-bond acceptors (Lipinski definition) is 5. The molecule has 18 heavy (non-hydrogen) atoms. The summed E-state index contributed by atoms with van der Waals surface area (Å²) in [5.74, 6) is -0.850. The van der Waals surface area contributed by atoms with Gasteiger partial charge in [0, 0.05) is 5.69 Å². The molecule has 0 N–H and O–H groups in total. The van der Waals surface area contributed by atoms with Crippen molar-refractivity contribution in [2.75, 3.05) is 19.1 Å². The fourth-order valence-electron chi connectivity index (χ4n) is 2.00. The van der Waals surface area contributed by atoms with Gasteiger partial charge in [-0.2, -0.15) is 0 Å². The van der Waals surface area contributed by atoms with Gasteiger partial charge in [0.05, 0.1) is 14.2 Å². The predicted octanol–water partition coefficient (Wildman–Crippen LogP) is 0.898. The molecule has 0 radical (unpaired) electrons. The van der Waals surface area contributed by atoms with E-state index in [1.807, 2.05) is 31.2 Å². The number of carbonyl (C=O) groups is 2. The SMILES string of the molecule is COC(=O)C1C(C(=O)OC)N1c1ccc(C)cc1. The molecule has 0 amide bonds. The van der Waals surface area contributed by atoms with Crippen molar-refractivity contribution in [1.29, 1.82) is 0 Å². The van der Waals surface area contributed by atoms with Gasteiger partial charge in [-0.05, 0) is 19.1 Å². The number of benzene rings is 1. The molecule has 1 heterocycles. The molecule has 1 aromatic rings. The lowest BCUT2D eigenvalue weighted by Crippen LogP contribution is -2.18. The third-order valence-corrected chi connectivity index (χ3v) is 3.03. The first kappa shape index (κ1) is 12.4. The molecule has 0 saturated carbocycles. The lowest BCUT2D eigenvalue weighted by atomic mass is 10.2. The molecule has 0 bridgehead atoms. The normalized spacial score (nSPS) is 21.4. The van der Waals surface area contributed by atoms with Crippen LogP contribution in [0.4, 0.5) is 5.69 Å². The molecule has 2 atom stereocenters. The topological polar surface area (TPSA) is 55.6 Å². The third kappa shape index (κ3) is 2.03. The van der Waals surface area contributed by atoms with Gasteiger partial charge in [-0.15, -0.1) is 0 Å². The summed E-state index contributed by atoms with van der Waals surface area (Å²) in [6.07, 6.45) is 0. The second-order valence-electron chi connectivity index (χ2n) is 4.18. The molecule has 1 saturated heterocycles. The van der Waals surface area contributed by atoms with E-state index in [1.165, 1.54) is 14.2 Å². The Hall–Kier alpha value is -2.04. The summed E-state index contributed by atoms with van der Waals surface area (Å²) in [6, 6.07) is 6.44. The first-order valence-corrected chi connectivity index (χ1v) is 5.61. The monoisotopic (exact) mass is 249 g/mol. The number of anilines is 1.